The highest BCUT2D eigenvalue weighted by Crippen LogP contribution is 2.26. The van der Waals surface area contributed by atoms with Crippen LogP contribution in [0.1, 0.15) is 46.0 Å². The Morgan fingerprint density at radius 1 is 1.00 bits per heavy atom. The first-order valence-corrected chi connectivity index (χ1v) is 7.89. The van der Waals surface area contributed by atoms with Gasteiger partial charge in [-0.2, -0.15) is 0 Å². The van der Waals surface area contributed by atoms with E-state index in [1.165, 1.54) is 58.3 Å². The number of rotatable bonds is 4. The Hall–Kier alpha value is -0.120. The van der Waals surface area contributed by atoms with Crippen LogP contribution in [0.2, 0.25) is 0 Å². The summed E-state index contributed by atoms with van der Waals surface area (Å²) in [6.45, 7) is 10.6. The Morgan fingerprint density at radius 3 is 2.17 bits per heavy atom. The zero-order valence-electron chi connectivity index (χ0n) is 12.3. The number of nitrogens with two attached hydrogens (primary N) is 1. The summed E-state index contributed by atoms with van der Waals surface area (Å²) in [5.41, 5.74) is 6.42. The topological polar surface area (TPSA) is 32.5 Å². The van der Waals surface area contributed by atoms with Crippen molar-refractivity contribution >= 4 is 0 Å². The number of hydrogen-bond donors (Lipinski definition) is 1. The molecule has 18 heavy (non-hydrogen) atoms. The summed E-state index contributed by atoms with van der Waals surface area (Å²) in [4.78, 5) is 5.15. The molecule has 1 unspecified atom stereocenters. The number of piperazine rings is 1. The summed E-state index contributed by atoms with van der Waals surface area (Å²) >= 11 is 0. The molecule has 0 aromatic heterocycles. The minimum atomic E-state index is 0.413. The van der Waals surface area contributed by atoms with E-state index in [0.717, 1.165) is 12.5 Å². The van der Waals surface area contributed by atoms with Gasteiger partial charge in [-0.05, 0) is 32.6 Å². The van der Waals surface area contributed by atoms with Crippen molar-refractivity contribution in [3.63, 3.8) is 0 Å². The second-order valence-corrected chi connectivity index (χ2v) is 6.49. The van der Waals surface area contributed by atoms with Crippen LogP contribution in [-0.4, -0.2) is 54.6 Å². The van der Waals surface area contributed by atoms with Crippen LogP contribution >= 0.6 is 0 Å². The monoisotopic (exact) mass is 253 g/mol. The smallest absolute Gasteiger partial charge is 0.0196 e. The maximum atomic E-state index is 6.42. The number of nitrogens with zero attached hydrogens (tertiary/aromatic N) is 2. The molecule has 0 radical (unpaired) electrons. The van der Waals surface area contributed by atoms with Crippen molar-refractivity contribution in [1.82, 2.24) is 9.80 Å². The molecule has 3 heteroatoms. The molecule has 3 nitrogen and oxygen atoms in total. The molecule has 2 fully saturated rings. The first-order valence-electron chi connectivity index (χ1n) is 7.89. The molecule has 0 amide bonds. The van der Waals surface area contributed by atoms with Gasteiger partial charge in [-0.15, -0.1) is 0 Å². The van der Waals surface area contributed by atoms with Gasteiger partial charge in [0.25, 0.3) is 0 Å². The van der Waals surface area contributed by atoms with Crippen molar-refractivity contribution in [2.75, 3.05) is 32.7 Å². The van der Waals surface area contributed by atoms with Gasteiger partial charge in [0.05, 0.1) is 0 Å². The van der Waals surface area contributed by atoms with Crippen molar-refractivity contribution in [2.45, 2.75) is 58.0 Å². The molecule has 2 aliphatic rings. The zero-order valence-corrected chi connectivity index (χ0v) is 12.3. The molecule has 0 bridgehead atoms. The predicted octanol–water partition coefficient (Wildman–Crippen LogP) is 1.92. The van der Waals surface area contributed by atoms with Crippen molar-refractivity contribution in [2.24, 2.45) is 11.7 Å². The Kier molecular flexibility index (Phi) is 5.46. The number of hydrogen-bond acceptors (Lipinski definition) is 3. The van der Waals surface area contributed by atoms with Gasteiger partial charge in [-0.25, -0.2) is 0 Å². The highest BCUT2D eigenvalue weighted by atomic mass is 15.3. The Labute approximate surface area is 113 Å². The molecular formula is C15H31N3. The SMILES string of the molecule is CC(C)N1CCN(CC(N)C2CCCCC2)CC1. The maximum Gasteiger partial charge on any atom is 0.0196 e. The summed E-state index contributed by atoms with van der Waals surface area (Å²) in [7, 11) is 0. The van der Waals surface area contributed by atoms with E-state index in [0.29, 0.717) is 12.1 Å². The third-order valence-corrected chi connectivity index (χ3v) is 4.86. The average molecular weight is 253 g/mol. The van der Waals surface area contributed by atoms with Crippen molar-refractivity contribution in [3.8, 4) is 0 Å². The fourth-order valence-electron chi connectivity index (χ4n) is 3.47. The minimum Gasteiger partial charge on any atom is -0.326 e. The second-order valence-electron chi connectivity index (χ2n) is 6.49. The van der Waals surface area contributed by atoms with E-state index in [1.54, 1.807) is 0 Å². The van der Waals surface area contributed by atoms with Crippen molar-refractivity contribution in [3.05, 3.63) is 0 Å². The fraction of sp³-hybridized carbons (Fsp3) is 1.00. The Bertz CT molecular complexity index is 228. The van der Waals surface area contributed by atoms with Crippen molar-refractivity contribution in [1.29, 1.82) is 0 Å². The van der Waals surface area contributed by atoms with Crippen LogP contribution < -0.4 is 5.73 Å². The third kappa shape index (κ3) is 3.94. The van der Waals surface area contributed by atoms with E-state index >= 15 is 0 Å². The van der Waals surface area contributed by atoms with Crippen LogP contribution in [-0.2, 0) is 0 Å². The molecule has 1 atom stereocenters. The quantitative estimate of drug-likeness (QED) is 0.831. The summed E-state index contributed by atoms with van der Waals surface area (Å²) in [6, 6.07) is 1.11. The lowest BCUT2D eigenvalue weighted by Crippen LogP contribution is -2.52. The van der Waals surface area contributed by atoms with Gasteiger partial charge in [0.2, 0.25) is 0 Å². The standard InChI is InChI=1S/C15H31N3/c1-13(2)18-10-8-17(9-11-18)12-15(16)14-6-4-3-5-7-14/h13-15H,3-12,16H2,1-2H3. The first-order chi connectivity index (χ1) is 8.66. The molecule has 106 valence electrons. The molecule has 1 aliphatic carbocycles. The largest absolute Gasteiger partial charge is 0.326 e. The predicted molar refractivity (Wildman–Crippen MR) is 77.7 cm³/mol. The molecule has 2 rings (SSSR count). The van der Waals surface area contributed by atoms with E-state index in [4.69, 9.17) is 5.73 Å². The van der Waals surface area contributed by atoms with E-state index in [1.807, 2.05) is 0 Å². The summed E-state index contributed by atoms with van der Waals surface area (Å²) in [6.07, 6.45) is 6.97. The Morgan fingerprint density at radius 2 is 1.61 bits per heavy atom. The molecule has 0 aromatic carbocycles. The van der Waals surface area contributed by atoms with Crippen LogP contribution in [0.3, 0.4) is 0 Å². The molecule has 2 N–H and O–H groups in total. The van der Waals surface area contributed by atoms with Crippen LogP contribution in [0.25, 0.3) is 0 Å². The summed E-state index contributed by atoms with van der Waals surface area (Å²) < 4.78 is 0. The summed E-state index contributed by atoms with van der Waals surface area (Å²) in [5, 5.41) is 0. The fourth-order valence-corrected chi connectivity index (χ4v) is 3.47. The highest BCUT2D eigenvalue weighted by Gasteiger charge is 2.25. The van der Waals surface area contributed by atoms with E-state index in [2.05, 4.69) is 23.6 Å². The Balaban J connectivity index is 1.70. The lowest BCUT2D eigenvalue weighted by atomic mass is 9.84. The molecule has 1 saturated carbocycles. The zero-order chi connectivity index (χ0) is 13.0. The highest BCUT2D eigenvalue weighted by molar-refractivity contribution is 4.82. The second kappa shape index (κ2) is 6.88. The normalized spacial score (nSPS) is 26.7. The van der Waals surface area contributed by atoms with Gasteiger partial charge < -0.3 is 5.73 Å². The van der Waals surface area contributed by atoms with E-state index in [-0.39, 0.29) is 0 Å². The van der Waals surface area contributed by atoms with Gasteiger partial charge >= 0.3 is 0 Å². The van der Waals surface area contributed by atoms with E-state index < -0.39 is 0 Å². The maximum absolute atomic E-state index is 6.42. The molecule has 0 spiro atoms. The van der Waals surface area contributed by atoms with Gasteiger partial charge in [0.1, 0.15) is 0 Å². The van der Waals surface area contributed by atoms with Gasteiger partial charge in [-0.3, -0.25) is 9.80 Å². The summed E-state index contributed by atoms with van der Waals surface area (Å²) in [5.74, 6) is 0.793. The molecule has 0 aromatic rings. The van der Waals surface area contributed by atoms with Gasteiger partial charge in [0.15, 0.2) is 0 Å². The average Bonchev–Trinajstić information content (AvgIpc) is 2.40. The van der Waals surface area contributed by atoms with Crippen LogP contribution in [0.4, 0.5) is 0 Å². The van der Waals surface area contributed by atoms with Crippen LogP contribution in [0.5, 0.6) is 0 Å². The molecule has 1 heterocycles. The third-order valence-electron chi connectivity index (χ3n) is 4.86. The van der Waals surface area contributed by atoms with Crippen molar-refractivity contribution < 1.29 is 0 Å². The molecular weight excluding hydrogens is 222 g/mol. The first kappa shape index (κ1) is 14.3. The van der Waals surface area contributed by atoms with Crippen LogP contribution in [0.15, 0.2) is 0 Å². The lowest BCUT2D eigenvalue weighted by molar-refractivity contribution is 0.0960. The van der Waals surface area contributed by atoms with Gasteiger partial charge in [-0.1, -0.05) is 19.3 Å². The van der Waals surface area contributed by atoms with E-state index in [9.17, 15) is 0 Å². The minimum absolute atomic E-state index is 0.413. The lowest BCUT2D eigenvalue weighted by Gasteiger charge is -2.39. The molecule has 1 aliphatic heterocycles. The van der Waals surface area contributed by atoms with Crippen LogP contribution in [0, 0.1) is 5.92 Å². The van der Waals surface area contributed by atoms with Gasteiger partial charge in [0, 0.05) is 44.8 Å². The molecule has 1 saturated heterocycles.